The second kappa shape index (κ2) is 7.72. The summed E-state index contributed by atoms with van der Waals surface area (Å²) in [6.45, 7) is 4.82. The van der Waals surface area contributed by atoms with Gasteiger partial charge in [0.25, 0.3) is 0 Å². The van der Waals surface area contributed by atoms with Crippen LogP contribution in [-0.4, -0.2) is 34.6 Å². The lowest BCUT2D eigenvalue weighted by Crippen LogP contribution is -2.13. The van der Waals surface area contributed by atoms with E-state index in [2.05, 4.69) is 24.9 Å². The Hall–Kier alpha value is -2.73. The quantitative estimate of drug-likeness (QED) is 0.681. The number of aromatic nitrogens is 3. The van der Waals surface area contributed by atoms with E-state index in [0.29, 0.717) is 6.61 Å². The molecule has 1 aromatic carbocycles. The standard InChI is InChI=1S/C22H24FN3O2/c1-4-16-12-15(7-9-24-16)22-18-8-10-28-14(2)11-20(18)26(25-22)17-5-6-19(23)21(13-17)27-3/h5-7,9,12-14H,4,8,10-11H2,1-3H3/t14-/m1/s1. The lowest BCUT2D eigenvalue weighted by Gasteiger charge is -2.12. The van der Waals surface area contributed by atoms with Crippen molar-refractivity contribution < 1.29 is 13.9 Å². The van der Waals surface area contributed by atoms with Gasteiger partial charge in [0.2, 0.25) is 0 Å². The minimum Gasteiger partial charge on any atom is -0.494 e. The average molecular weight is 381 g/mol. The molecule has 0 radical (unpaired) electrons. The van der Waals surface area contributed by atoms with Crippen molar-refractivity contribution in [1.29, 1.82) is 0 Å². The molecule has 4 rings (SSSR count). The molecule has 0 saturated heterocycles. The average Bonchev–Trinajstić information content (AvgIpc) is 2.95. The molecule has 0 fully saturated rings. The predicted octanol–water partition coefficient (Wildman–Crippen LogP) is 4.15. The van der Waals surface area contributed by atoms with Gasteiger partial charge in [0, 0.05) is 35.5 Å². The van der Waals surface area contributed by atoms with Crippen molar-refractivity contribution in [2.24, 2.45) is 0 Å². The fraction of sp³-hybridized carbons (Fsp3) is 0.364. The van der Waals surface area contributed by atoms with Crippen molar-refractivity contribution in [3.8, 4) is 22.7 Å². The second-order valence-corrected chi connectivity index (χ2v) is 7.03. The number of ether oxygens (including phenoxy) is 2. The van der Waals surface area contributed by atoms with Gasteiger partial charge in [0.1, 0.15) is 0 Å². The summed E-state index contributed by atoms with van der Waals surface area (Å²) >= 11 is 0. The Labute approximate surface area is 164 Å². The molecule has 0 unspecified atom stereocenters. The normalized spacial score (nSPS) is 16.5. The fourth-order valence-corrected chi connectivity index (χ4v) is 3.70. The van der Waals surface area contributed by atoms with E-state index in [1.165, 1.54) is 18.7 Å². The molecule has 0 spiro atoms. The molecule has 3 aromatic rings. The van der Waals surface area contributed by atoms with Gasteiger partial charge < -0.3 is 9.47 Å². The van der Waals surface area contributed by atoms with Crippen LogP contribution < -0.4 is 4.74 Å². The third kappa shape index (κ3) is 3.40. The van der Waals surface area contributed by atoms with Gasteiger partial charge in [-0.25, -0.2) is 9.07 Å². The summed E-state index contributed by atoms with van der Waals surface area (Å²) < 4.78 is 26.9. The molecule has 1 aliphatic rings. The number of fused-ring (bicyclic) bond motifs is 1. The molecule has 0 N–H and O–H groups in total. The molecule has 28 heavy (non-hydrogen) atoms. The molecule has 6 heteroatoms. The molecule has 0 aliphatic carbocycles. The van der Waals surface area contributed by atoms with Crippen LogP contribution in [0.15, 0.2) is 36.5 Å². The number of methoxy groups -OCH3 is 1. The predicted molar refractivity (Wildman–Crippen MR) is 106 cm³/mol. The lowest BCUT2D eigenvalue weighted by molar-refractivity contribution is 0.0735. The maximum atomic E-state index is 13.9. The van der Waals surface area contributed by atoms with Crippen molar-refractivity contribution in [3.05, 3.63) is 59.3 Å². The SMILES string of the molecule is CCc1cc(-c2nn(-c3ccc(F)c(OC)c3)c3c2CCO[C@H](C)C3)ccn1. The van der Waals surface area contributed by atoms with Crippen LogP contribution in [0.3, 0.4) is 0 Å². The van der Waals surface area contributed by atoms with Crippen molar-refractivity contribution in [2.45, 2.75) is 39.2 Å². The number of rotatable bonds is 4. The summed E-state index contributed by atoms with van der Waals surface area (Å²) in [7, 11) is 1.47. The van der Waals surface area contributed by atoms with E-state index in [4.69, 9.17) is 14.6 Å². The van der Waals surface area contributed by atoms with Crippen molar-refractivity contribution >= 4 is 0 Å². The van der Waals surface area contributed by atoms with Gasteiger partial charge in [-0.2, -0.15) is 5.10 Å². The number of hydrogen-bond donors (Lipinski definition) is 0. The summed E-state index contributed by atoms with van der Waals surface area (Å²) in [4.78, 5) is 4.41. The van der Waals surface area contributed by atoms with Crippen LogP contribution in [0.2, 0.25) is 0 Å². The molecule has 5 nitrogen and oxygen atoms in total. The summed E-state index contributed by atoms with van der Waals surface area (Å²) in [5.74, 6) is -0.179. The first-order chi connectivity index (χ1) is 13.6. The minimum atomic E-state index is -0.386. The molecule has 0 bridgehead atoms. The van der Waals surface area contributed by atoms with E-state index in [1.54, 1.807) is 12.1 Å². The van der Waals surface area contributed by atoms with E-state index in [1.807, 2.05) is 16.9 Å². The number of pyridine rings is 1. The van der Waals surface area contributed by atoms with Crippen molar-refractivity contribution in [2.75, 3.05) is 13.7 Å². The van der Waals surface area contributed by atoms with E-state index >= 15 is 0 Å². The smallest absolute Gasteiger partial charge is 0.165 e. The van der Waals surface area contributed by atoms with Crippen LogP contribution >= 0.6 is 0 Å². The number of benzene rings is 1. The Bertz CT molecular complexity index is 999. The third-order valence-electron chi connectivity index (χ3n) is 5.16. The van der Waals surface area contributed by atoms with Crippen LogP contribution in [0, 0.1) is 5.82 Å². The van der Waals surface area contributed by atoms with Crippen LogP contribution in [0.5, 0.6) is 5.75 Å². The van der Waals surface area contributed by atoms with Gasteiger partial charge in [-0.15, -0.1) is 0 Å². The largest absolute Gasteiger partial charge is 0.494 e. The topological polar surface area (TPSA) is 49.2 Å². The van der Waals surface area contributed by atoms with E-state index in [-0.39, 0.29) is 17.7 Å². The zero-order valence-corrected chi connectivity index (χ0v) is 16.4. The Morgan fingerprint density at radius 1 is 1.29 bits per heavy atom. The minimum absolute atomic E-state index is 0.0931. The third-order valence-corrected chi connectivity index (χ3v) is 5.16. The Morgan fingerprint density at radius 2 is 2.14 bits per heavy atom. The zero-order chi connectivity index (χ0) is 19.7. The lowest BCUT2D eigenvalue weighted by atomic mass is 10.0. The van der Waals surface area contributed by atoms with Crippen LogP contribution in [0.4, 0.5) is 4.39 Å². The van der Waals surface area contributed by atoms with E-state index in [0.717, 1.165) is 47.6 Å². The molecular formula is C22H24FN3O2. The molecule has 1 aliphatic heterocycles. The van der Waals surface area contributed by atoms with E-state index in [9.17, 15) is 4.39 Å². The molecule has 3 heterocycles. The summed E-state index contributed by atoms with van der Waals surface area (Å²) in [6, 6.07) is 8.92. The fourth-order valence-electron chi connectivity index (χ4n) is 3.70. The van der Waals surface area contributed by atoms with E-state index < -0.39 is 0 Å². The second-order valence-electron chi connectivity index (χ2n) is 7.03. The van der Waals surface area contributed by atoms with Crippen LogP contribution in [0.25, 0.3) is 16.9 Å². The first-order valence-electron chi connectivity index (χ1n) is 9.62. The first-order valence-corrected chi connectivity index (χ1v) is 9.62. The molecular weight excluding hydrogens is 357 g/mol. The van der Waals surface area contributed by atoms with Gasteiger partial charge >= 0.3 is 0 Å². The summed E-state index contributed by atoms with van der Waals surface area (Å²) in [6.07, 6.45) is 4.32. The summed E-state index contributed by atoms with van der Waals surface area (Å²) in [5, 5.41) is 4.94. The van der Waals surface area contributed by atoms with Crippen molar-refractivity contribution in [3.63, 3.8) is 0 Å². The highest BCUT2D eigenvalue weighted by molar-refractivity contribution is 5.65. The Morgan fingerprint density at radius 3 is 2.93 bits per heavy atom. The Kier molecular flexibility index (Phi) is 5.13. The highest BCUT2D eigenvalue weighted by Crippen LogP contribution is 2.32. The van der Waals surface area contributed by atoms with Gasteiger partial charge in [-0.05, 0) is 44.0 Å². The molecule has 146 valence electrons. The summed E-state index contributed by atoms with van der Waals surface area (Å²) in [5.41, 5.74) is 6.07. The maximum Gasteiger partial charge on any atom is 0.165 e. The maximum absolute atomic E-state index is 13.9. The molecule has 0 amide bonds. The molecule has 1 atom stereocenters. The van der Waals surface area contributed by atoms with Gasteiger partial charge in [-0.3, -0.25) is 4.98 Å². The highest BCUT2D eigenvalue weighted by Gasteiger charge is 2.25. The zero-order valence-electron chi connectivity index (χ0n) is 16.4. The monoisotopic (exact) mass is 381 g/mol. The highest BCUT2D eigenvalue weighted by atomic mass is 19.1. The first kappa shape index (κ1) is 18.6. The van der Waals surface area contributed by atoms with Crippen LogP contribution in [0.1, 0.15) is 30.8 Å². The number of nitrogens with zero attached hydrogens (tertiary/aromatic N) is 3. The van der Waals surface area contributed by atoms with Gasteiger partial charge in [0.05, 0.1) is 36.9 Å². The molecule has 2 aromatic heterocycles. The molecule has 0 saturated carbocycles. The van der Waals surface area contributed by atoms with Crippen molar-refractivity contribution in [1.82, 2.24) is 14.8 Å². The number of halogens is 1. The van der Waals surface area contributed by atoms with Gasteiger partial charge in [0.15, 0.2) is 11.6 Å². The Balaban J connectivity index is 1.90. The number of aryl methyl sites for hydroxylation is 1. The number of hydrogen-bond acceptors (Lipinski definition) is 4. The van der Waals surface area contributed by atoms with Crippen LogP contribution in [-0.2, 0) is 24.0 Å². The van der Waals surface area contributed by atoms with Gasteiger partial charge in [-0.1, -0.05) is 6.92 Å².